The minimum absolute atomic E-state index is 0.0740. The predicted octanol–water partition coefficient (Wildman–Crippen LogP) is 3.84. The molecule has 10 nitrogen and oxygen atoms in total. The summed E-state index contributed by atoms with van der Waals surface area (Å²) in [5, 5.41) is 14.5. The topological polar surface area (TPSA) is 168 Å². The average molecular weight is 601 g/mol. The summed E-state index contributed by atoms with van der Waals surface area (Å²) in [5.74, 6) is -5.89. The van der Waals surface area contributed by atoms with Crippen LogP contribution in [-0.2, 0) is 21.2 Å². The van der Waals surface area contributed by atoms with E-state index in [2.05, 4.69) is 10.6 Å². The number of hydrogen-bond donors (Lipinski definition) is 5. The summed E-state index contributed by atoms with van der Waals surface area (Å²) in [7, 11) is -4.32. The number of aliphatic carboxylic acids is 1. The Morgan fingerprint density at radius 1 is 0.905 bits per heavy atom. The molecule has 0 spiro atoms. The van der Waals surface area contributed by atoms with Crippen molar-refractivity contribution in [1.29, 1.82) is 0 Å². The highest BCUT2D eigenvalue weighted by molar-refractivity contribution is 7.92. The Kier molecular flexibility index (Phi) is 9.41. The van der Waals surface area contributed by atoms with Gasteiger partial charge in [-0.1, -0.05) is 31.4 Å². The highest BCUT2D eigenvalue weighted by Crippen LogP contribution is 2.23. The lowest BCUT2D eigenvalue weighted by molar-refractivity contribution is -0.139. The summed E-state index contributed by atoms with van der Waals surface area (Å²) >= 11 is 0. The summed E-state index contributed by atoms with van der Waals surface area (Å²) < 4.78 is 57.5. The van der Waals surface area contributed by atoms with Crippen LogP contribution in [0.3, 0.4) is 0 Å². The van der Waals surface area contributed by atoms with Crippen LogP contribution in [0.2, 0.25) is 0 Å². The van der Waals surface area contributed by atoms with Gasteiger partial charge < -0.3 is 21.5 Å². The average Bonchev–Trinajstić information content (AvgIpc) is 2.93. The number of amides is 2. The molecule has 0 unspecified atom stereocenters. The largest absolute Gasteiger partial charge is 0.480 e. The van der Waals surface area contributed by atoms with Crippen LogP contribution in [0.1, 0.15) is 58.4 Å². The summed E-state index contributed by atoms with van der Waals surface area (Å²) in [4.78, 5) is 36.6. The van der Waals surface area contributed by atoms with Crippen molar-refractivity contribution in [1.82, 2.24) is 10.6 Å². The normalized spacial score (nSPS) is 14.5. The molecule has 13 heteroatoms. The number of sulfonamides is 1. The molecule has 42 heavy (non-hydrogen) atoms. The van der Waals surface area contributed by atoms with Crippen LogP contribution < -0.4 is 21.1 Å². The Morgan fingerprint density at radius 3 is 2.07 bits per heavy atom. The van der Waals surface area contributed by atoms with Crippen molar-refractivity contribution in [2.24, 2.45) is 0 Å². The molecule has 1 aliphatic rings. The van der Waals surface area contributed by atoms with Crippen LogP contribution in [0.4, 0.5) is 20.2 Å². The van der Waals surface area contributed by atoms with Gasteiger partial charge in [0.1, 0.15) is 23.2 Å². The van der Waals surface area contributed by atoms with Crippen LogP contribution in [0.5, 0.6) is 0 Å². The van der Waals surface area contributed by atoms with Crippen LogP contribution in [0.25, 0.3) is 0 Å². The molecule has 6 N–H and O–H groups in total. The second-order valence-electron chi connectivity index (χ2n) is 10.1. The summed E-state index contributed by atoms with van der Waals surface area (Å²) in [6.07, 6.45) is 4.80. The molecule has 4 rings (SSSR count). The third-order valence-electron chi connectivity index (χ3n) is 6.91. The second kappa shape index (κ2) is 13.0. The van der Waals surface area contributed by atoms with E-state index in [9.17, 15) is 36.7 Å². The van der Waals surface area contributed by atoms with E-state index in [1.165, 1.54) is 24.3 Å². The summed E-state index contributed by atoms with van der Waals surface area (Å²) in [6.45, 7) is 0. The fourth-order valence-electron chi connectivity index (χ4n) is 4.68. The number of benzene rings is 3. The number of nitrogens with two attached hydrogens (primary N) is 1. The van der Waals surface area contributed by atoms with Gasteiger partial charge in [0.25, 0.3) is 21.8 Å². The van der Waals surface area contributed by atoms with E-state index in [1.54, 1.807) is 24.3 Å². The molecule has 1 saturated carbocycles. The van der Waals surface area contributed by atoms with Crippen molar-refractivity contribution in [2.45, 2.75) is 55.5 Å². The number of rotatable bonds is 10. The molecule has 3 aromatic rings. The number of nitrogens with one attached hydrogen (secondary N) is 3. The van der Waals surface area contributed by atoms with E-state index in [0.29, 0.717) is 23.4 Å². The minimum Gasteiger partial charge on any atom is -0.480 e. The van der Waals surface area contributed by atoms with Gasteiger partial charge in [-0.05, 0) is 66.9 Å². The van der Waals surface area contributed by atoms with Gasteiger partial charge in [-0.3, -0.25) is 14.3 Å². The standard InChI is InChI=1S/C29H30F2N4O6S/c30-23-15-21(16-24(31)26(23)28(37)34-25(29(38)39)14-17-6-10-19(32)11-7-17)35-42(40,41)22-12-8-18(9-13-22)27(36)33-20-4-2-1-3-5-20/h6-13,15-16,20,25,35H,1-5,14,32H2,(H,33,36)(H,34,37)(H,38,39)/t25-/m0/s1. The first kappa shape index (κ1) is 30.4. The number of nitrogen functional groups attached to an aromatic ring is 1. The van der Waals surface area contributed by atoms with E-state index < -0.39 is 50.8 Å². The number of carboxylic acids is 1. The smallest absolute Gasteiger partial charge is 0.326 e. The van der Waals surface area contributed by atoms with Crippen LogP contribution in [-0.4, -0.2) is 43.4 Å². The quantitative estimate of drug-likeness (QED) is 0.220. The molecule has 0 bridgehead atoms. The number of carbonyl (C=O) groups excluding carboxylic acids is 2. The molecular formula is C29H30F2N4O6S. The highest BCUT2D eigenvalue weighted by atomic mass is 32.2. The molecule has 1 fully saturated rings. The molecule has 0 radical (unpaired) electrons. The van der Waals surface area contributed by atoms with Gasteiger partial charge >= 0.3 is 5.97 Å². The van der Waals surface area contributed by atoms with Gasteiger partial charge in [-0.25, -0.2) is 22.0 Å². The maximum absolute atomic E-state index is 14.9. The number of carbonyl (C=O) groups is 3. The lowest BCUT2D eigenvalue weighted by Crippen LogP contribution is -2.43. The van der Waals surface area contributed by atoms with Gasteiger partial charge in [-0.2, -0.15) is 0 Å². The molecule has 0 saturated heterocycles. The number of carboxylic acid groups (broad SMARTS) is 1. The first-order valence-corrected chi connectivity index (χ1v) is 14.7. The van der Waals surface area contributed by atoms with Crippen molar-refractivity contribution in [3.05, 3.63) is 89.0 Å². The third kappa shape index (κ3) is 7.60. The Morgan fingerprint density at radius 2 is 1.50 bits per heavy atom. The van der Waals surface area contributed by atoms with Crippen molar-refractivity contribution in [3.63, 3.8) is 0 Å². The van der Waals surface area contributed by atoms with Crippen molar-refractivity contribution in [2.75, 3.05) is 10.5 Å². The zero-order valence-corrected chi connectivity index (χ0v) is 23.2. The Bertz CT molecular complexity index is 1550. The fourth-order valence-corrected chi connectivity index (χ4v) is 5.72. The molecule has 0 aliphatic heterocycles. The maximum atomic E-state index is 14.9. The van der Waals surface area contributed by atoms with E-state index in [1.807, 2.05) is 4.72 Å². The predicted molar refractivity (Wildman–Crippen MR) is 151 cm³/mol. The highest BCUT2D eigenvalue weighted by Gasteiger charge is 2.26. The van der Waals surface area contributed by atoms with Gasteiger partial charge in [0.15, 0.2) is 0 Å². The zero-order chi connectivity index (χ0) is 30.4. The lowest BCUT2D eigenvalue weighted by Gasteiger charge is -2.22. The summed E-state index contributed by atoms with van der Waals surface area (Å²) in [5.41, 5.74) is 5.26. The van der Waals surface area contributed by atoms with Crippen molar-refractivity contribution < 1.29 is 36.7 Å². The molecule has 0 heterocycles. The zero-order valence-electron chi connectivity index (χ0n) is 22.4. The fraction of sp³-hybridized carbons (Fsp3) is 0.276. The van der Waals surface area contributed by atoms with Crippen LogP contribution >= 0.6 is 0 Å². The van der Waals surface area contributed by atoms with Gasteiger partial charge in [0.2, 0.25) is 0 Å². The molecule has 0 aromatic heterocycles. The van der Waals surface area contributed by atoms with E-state index in [4.69, 9.17) is 5.73 Å². The monoisotopic (exact) mass is 600 g/mol. The SMILES string of the molecule is Nc1ccc(C[C@H](NC(=O)c2c(F)cc(NS(=O)(=O)c3ccc(C(=O)NC4CCCCC4)cc3)cc2F)C(=O)O)cc1. The number of hydrogen-bond acceptors (Lipinski definition) is 6. The Hall–Kier alpha value is -4.52. The first-order chi connectivity index (χ1) is 19.9. The van der Waals surface area contributed by atoms with Crippen LogP contribution in [0.15, 0.2) is 65.6 Å². The van der Waals surface area contributed by atoms with Crippen molar-refractivity contribution >= 4 is 39.2 Å². The van der Waals surface area contributed by atoms with E-state index in [0.717, 1.165) is 32.1 Å². The second-order valence-corrected chi connectivity index (χ2v) is 11.7. The molecular weight excluding hydrogens is 570 g/mol. The van der Waals surface area contributed by atoms with E-state index in [-0.39, 0.29) is 28.8 Å². The molecule has 2 amide bonds. The lowest BCUT2D eigenvalue weighted by atomic mass is 9.95. The van der Waals surface area contributed by atoms with Crippen LogP contribution in [0, 0.1) is 11.6 Å². The molecule has 1 atom stereocenters. The number of anilines is 2. The third-order valence-corrected chi connectivity index (χ3v) is 8.31. The van der Waals surface area contributed by atoms with E-state index >= 15 is 0 Å². The van der Waals surface area contributed by atoms with Gasteiger partial charge in [0, 0.05) is 23.7 Å². The Balaban J connectivity index is 1.44. The summed E-state index contributed by atoms with van der Waals surface area (Å²) in [6, 6.07) is 11.0. The molecule has 3 aromatic carbocycles. The van der Waals surface area contributed by atoms with Gasteiger partial charge in [-0.15, -0.1) is 0 Å². The van der Waals surface area contributed by atoms with Crippen molar-refractivity contribution in [3.8, 4) is 0 Å². The molecule has 1 aliphatic carbocycles. The number of halogens is 2. The minimum atomic E-state index is -4.32. The maximum Gasteiger partial charge on any atom is 0.326 e. The van der Waals surface area contributed by atoms with Gasteiger partial charge in [0.05, 0.1) is 10.6 Å². The molecule has 222 valence electrons. The Labute approximate surface area is 241 Å². The first-order valence-electron chi connectivity index (χ1n) is 13.2.